The number of hydrogen-bond acceptors (Lipinski definition) is 3. The van der Waals surface area contributed by atoms with Crippen molar-refractivity contribution in [2.75, 3.05) is 18.4 Å². The first-order valence-electron chi connectivity index (χ1n) is 8.77. The number of fused-ring (bicyclic) bond motifs is 1. The van der Waals surface area contributed by atoms with Gasteiger partial charge in [0.05, 0.1) is 0 Å². The third-order valence-corrected chi connectivity index (χ3v) is 4.26. The van der Waals surface area contributed by atoms with Gasteiger partial charge in [-0.1, -0.05) is 26.0 Å². The summed E-state index contributed by atoms with van der Waals surface area (Å²) in [4.78, 5) is 27.0. The molecule has 1 saturated carbocycles. The summed E-state index contributed by atoms with van der Waals surface area (Å²) in [7, 11) is 0. The Hall–Kier alpha value is -2.30. The average molecular weight is 328 g/mol. The molecule has 5 heteroatoms. The van der Waals surface area contributed by atoms with Crippen LogP contribution in [0.2, 0.25) is 0 Å². The molecule has 1 aromatic heterocycles. The van der Waals surface area contributed by atoms with Gasteiger partial charge in [0, 0.05) is 24.4 Å². The van der Waals surface area contributed by atoms with E-state index in [1.54, 1.807) is 4.90 Å². The monoisotopic (exact) mass is 328 g/mol. The fourth-order valence-corrected chi connectivity index (χ4v) is 2.89. The zero-order valence-electron chi connectivity index (χ0n) is 14.3. The second-order valence-corrected chi connectivity index (χ2v) is 6.36. The molecule has 1 heterocycles. The molecule has 24 heavy (non-hydrogen) atoms. The number of carbonyl (C=O) groups excluding carboxylic acids is 2. The highest BCUT2D eigenvalue weighted by atomic mass is 16.3. The third kappa shape index (κ3) is 3.30. The Labute approximate surface area is 142 Å². The Balaban J connectivity index is 1.98. The summed E-state index contributed by atoms with van der Waals surface area (Å²) in [5.74, 6) is 0.144. The molecular weight excluding hydrogens is 304 g/mol. The van der Waals surface area contributed by atoms with Crippen LogP contribution < -0.4 is 5.32 Å². The van der Waals surface area contributed by atoms with E-state index in [9.17, 15) is 9.59 Å². The first kappa shape index (κ1) is 16.6. The lowest BCUT2D eigenvalue weighted by Crippen LogP contribution is -2.33. The Kier molecular flexibility index (Phi) is 4.88. The van der Waals surface area contributed by atoms with Gasteiger partial charge in [0.1, 0.15) is 11.3 Å². The van der Waals surface area contributed by atoms with Gasteiger partial charge in [-0.2, -0.15) is 0 Å². The Morgan fingerprint density at radius 3 is 2.46 bits per heavy atom. The van der Waals surface area contributed by atoms with Gasteiger partial charge in [0.15, 0.2) is 0 Å². The number of hydrogen-bond donors (Lipinski definition) is 1. The SMILES string of the molecule is CCCN(CCC)C(=O)c1oc2ccccc2c1NC(=O)C1CC1. The van der Waals surface area contributed by atoms with Crippen LogP contribution in [0.4, 0.5) is 5.69 Å². The average Bonchev–Trinajstić information content (AvgIpc) is 3.37. The van der Waals surface area contributed by atoms with Gasteiger partial charge in [-0.15, -0.1) is 0 Å². The summed E-state index contributed by atoms with van der Waals surface area (Å²) in [6, 6.07) is 7.45. The van der Waals surface area contributed by atoms with E-state index in [2.05, 4.69) is 5.32 Å². The number of nitrogens with zero attached hydrogens (tertiary/aromatic N) is 1. The molecule has 1 aliphatic carbocycles. The molecule has 1 fully saturated rings. The zero-order chi connectivity index (χ0) is 17.1. The highest BCUT2D eigenvalue weighted by molar-refractivity contribution is 6.11. The predicted octanol–water partition coefficient (Wildman–Crippen LogP) is 4.04. The number of carbonyl (C=O) groups is 2. The molecule has 1 aliphatic rings. The second-order valence-electron chi connectivity index (χ2n) is 6.36. The fourth-order valence-electron chi connectivity index (χ4n) is 2.89. The Morgan fingerprint density at radius 1 is 1.17 bits per heavy atom. The molecule has 1 N–H and O–H groups in total. The van der Waals surface area contributed by atoms with Crippen LogP contribution in [0.3, 0.4) is 0 Å². The predicted molar refractivity (Wildman–Crippen MR) is 94.1 cm³/mol. The van der Waals surface area contributed by atoms with Gasteiger partial charge in [0.2, 0.25) is 11.7 Å². The van der Waals surface area contributed by atoms with E-state index in [4.69, 9.17) is 4.42 Å². The van der Waals surface area contributed by atoms with Crippen molar-refractivity contribution in [3.63, 3.8) is 0 Å². The molecule has 3 rings (SSSR count). The van der Waals surface area contributed by atoms with Crippen LogP contribution in [0.15, 0.2) is 28.7 Å². The van der Waals surface area contributed by atoms with Crippen LogP contribution in [0, 0.1) is 5.92 Å². The highest BCUT2D eigenvalue weighted by Crippen LogP contribution is 2.35. The van der Waals surface area contributed by atoms with Gasteiger partial charge < -0.3 is 14.6 Å². The van der Waals surface area contributed by atoms with Crippen molar-refractivity contribution in [1.82, 2.24) is 4.90 Å². The molecular formula is C19H24N2O3. The number of anilines is 1. The maximum atomic E-state index is 13.0. The molecule has 5 nitrogen and oxygen atoms in total. The smallest absolute Gasteiger partial charge is 0.291 e. The van der Waals surface area contributed by atoms with E-state index in [1.807, 2.05) is 38.1 Å². The number of furan rings is 1. The van der Waals surface area contributed by atoms with Gasteiger partial charge >= 0.3 is 0 Å². The lowest BCUT2D eigenvalue weighted by Gasteiger charge is -2.20. The van der Waals surface area contributed by atoms with E-state index in [1.165, 1.54) is 0 Å². The molecule has 0 atom stereocenters. The van der Waals surface area contributed by atoms with Crippen molar-refractivity contribution in [3.05, 3.63) is 30.0 Å². The van der Waals surface area contributed by atoms with Gasteiger partial charge in [-0.25, -0.2) is 0 Å². The van der Waals surface area contributed by atoms with E-state index in [0.717, 1.165) is 31.1 Å². The molecule has 0 aliphatic heterocycles. The van der Waals surface area contributed by atoms with Crippen LogP contribution in [-0.4, -0.2) is 29.8 Å². The topological polar surface area (TPSA) is 62.6 Å². The van der Waals surface area contributed by atoms with Crippen LogP contribution in [-0.2, 0) is 4.79 Å². The van der Waals surface area contributed by atoms with Crippen LogP contribution in [0.5, 0.6) is 0 Å². The quantitative estimate of drug-likeness (QED) is 0.834. The number of para-hydroxylation sites is 1. The summed E-state index contributed by atoms with van der Waals surface area (Å²) in [5.41, 5.74) is 1.14. The maximum Gasteiger partial charge on any atom is 0.291 e. The number of rotatable bonds is 7. The molecule has 0 bridgehead atoms. The van der Waals surface area contributed by atoms with E-state index >= 15 is 0 Å². The summed E-state index contributed by atoms with van der Waals surface area (Å²) in [6.45, 7) is 5.45. The summed E-state index contributed by atoms with van der Waals surface area (Å²) in [5, 5.41) is 3.72. The standard InChI is InChI=1S/C19H24N2O3/c1-3-11-21(12-4-2)19(23)17-16(20-18(22)13-9-10-13)14-7-5-6-8-15(14)24-17/h5-8,13H,3-4,9-12H2,1-2H3,(H,20,22). The van der Waals surface area contributed by atoms with E-state index < -0.39 is 0 Å². The summed E-state index contributed by atoms with van der Waals surface area (Å²) in [6.07, 6.45) is 3.61. The fraction of sp³-hybridized carbons (Fsp3) is 0.474. The summed E-state index contributed by atoms with van der Waals surface area (Å²) < 4.78 is 5.83. The van der Waals surface area contributed by atoms with Crippen molar-refractivity contribution in [3.8, 4) is 0 Å². The molecule has 0 saturated heterocycles. The minimum atomic E-state index is -0.152. The highest BCUT2D eigenvalue weighted by Gasteiger charge is 2.32. The molecule has 0 spiro atoms. The lowest BCUT2D eigenvalue weighted by molar-refractivity contribution is -0.117. The van der Waals surface area contributed by atoms with E-state index in [-0.39, 0.29) is 23.5 Å². The number of benzene rings is 1. The van der Waals surface area contributed by atoms with Crippen LogP contribution >= 0.6 is 0 Å². The summed E-state index contributed by atoms with van der Waals surface area (Å²) >= 11 is 0. The molecule has 0 radical (unpaired) electrons. The molecule has 2 aromatic rings. The first-order chi connectivity index (χ1) is 11.7. The van der Waals surface area contributed by atoms with Crippen LogP contribution in [0.1, 0.15) is 50.1 Å². The normalized spacial score (nSPS) is 13.9. The number of nitrogens with one attached hydrogen (secondary N) is 1. The minimum absolute atomic E-state index is 0.0202. The lowest BCUT2D eigenvalue weighted by atomic mass is 10.2. The first-order valence-corrected chi connectivity index (χ1v) is 8.77. The van der Waals surface area contributed by atoms with Gasteiger partial charge in [-0.3, -0.25) is 9.59 Å². The Morgan fingerprint density at radius 2 is 1.83 bits per heavy atom. The molecule has 2 amide bonds. The zero-order valence-corrected chi connectivity index (χ0v) is 14.3. The van der Waals surface area contributed by atoms with Crippen molar-refractivity contribution in [2.45, 2.75) is 39.5 Å². The van der Waals surface area contributed by atoms with Crippen molar-refractivity contribution < 1.29 is 14.0 Å². The largest absolute Gasteiger partial charge is 0.449 e. The second kappa shape index (κ2) is 7.07. The third-order valence-electron chi connectivity index (χ3n) is 4.26. The van der Waals surface area contributed by atoms with Crippen LogP contribution in [0.25, 0.3) is 11.0 Å². The molecule has 0 unspecified atom stereocenters. The molecule has 128 valence electrons. The maximum absolute atomic E-state index is 13.0. The Bertz CT molecular complexity index is 740. The van der Waals surface area contributed by atoms with Gasteiger partial charge in [-0.05, 0) is 37.8 Å². The van der Waals surface area contributed by atoms with E-state index in [0.29, 0.717) is 24.4 Å². The van der Waals surface area contributed by atoms with Crippen molar-refractivity contribution >= 4 is 28.5 Å². The number of amides is 2. The molecule has 1 aromatic carbocycles. The minimum Gasteiger partial charge on any atom is -0.449 e. The van der Waals surface area contributed by atoms with Crippen molar-refractivity contribution in [2.24, 2.45) is 5.92 Å². The van der Waals surface area contributed by atoms with Crippen molar-refractivity contribution in [1.29, 1.82) is 0 Å². The van der Waals surface area contributed by atoms with Gasteiger partial charge in [0.25, 0.3) is 5.91 Å².